The predicted octanol–water partition coefficient (Wildman–Crippen LogP) is 5.33. The first-order valence-electron chi connectivity index (χ1n) is 14.5. The van der Waals surface area contributed by atoms with E-state index in [0.717, 1.165) is 54.9 Å². The molecule has 0 aromatic carbocycles. The maximum absolute atomic E-state index is 11.8. The van der Waals surface area contributed by atoms with E-state index in [9.17, 15) is 9.59 Å². The third-order valence-corrected chi connectivity index (χ3v) is 14.7. The van der Waals surface area contributed by atoms with E-state index in [1.807, 2.05) is 0 Å². The minimum Gasteiger partial charge on any atom is -0.449 e. The van der Waals surface area contributed by atoms with Gasteiger partial charge in [-0.2, -0.15) is 9.78 Å². The Kier molecular flexibility index (Phi) is 45.7. The molecule has 0 fully saturated rings. The minimum atomic E-state index is -0.420. The summed E-state index contributed by atoms with van der Waals surface area (Å²) in [5, 5.41) is 26.9. The largest absolute Gasteiger partial charge is 0.449 e. The topological polar surface area (TPSA) is 179 Å². The highest BCUT2D eigenvalue weighted by Gasteiger charge is 2.02. The lowest BCUT2D eigenvalue weighted by atomic mass is 10.7. The third-order valence-electron chi connectivity index (χ3n) is 4.32. The summed E-state index contributed by atoms with van der Waals surface area (Å²) >= 11 is 16.1. The number of hydrogen-bond donors (Lipinski definition) is 4. The summed E-state index contributed by atoms with van der Waals surface area (Å²) < 4.78 is 10.2. The summed E-state index contributed by atoms with van der Waals surface area (Å²) in [5.41, 5.74) is 0. The smallest absolute Gasteiger partial charge is 0.407 e. The van der Waals surface area contributed by atoms with Crippen LogP contribution in [0.15, 0.2) is 9.98 Å². The van der Waals surface area contributed by atoms with Crippen LogP contribution in [0.25, 0.3) is 0 Å². The molecular formula is C25H48N4O10S10. The second kappa shape index (κ2) is 45.0. The van der Waals surface area contributed by atoms with Crippen LogP contribution < -0.4 is 10.6 Å². The summed E-state index contributed by atoms with van der Waals surface area (Å²) in [6.45, 7) is 3.20. The van der Waals surface area contributed by atoms with Crippen LogP contribution >= 0.6 is 118 Å². The van der Waals surface area contributed by atoms with Gasteiger partial charge in [0.25, 0.3) is 0 Å². The molecule has 0 radical (unpaired) electrons. The Morgan fingerprint density at radius 2 is 1.00 bits per heavy atom. The van der Waals surface area contributed by atoms with Crippen LogP contribution in [-0.4, -0.2) is 158 Å². The van der Waals surface area contributed by atoms with Gasteiger partial charge in [-0.25, -0.2) is 9.59 Å². The van der Waals surface area contributed by atoms with E-state index in [-0.39, 0.29) is 17.8 Å². The number of aliphatic imine (C=N–C) groups is 2. The Labute approximate surface area is 332 Å². The Bertz CT molecular complexity index is 792. The van der Waals surface area contributed by atoms with Crippen molar-refractivity contribution in [3.8, 4) is 0 Å². The van der Waals surface area contributed by atoms with Crippen molar-refractivity contribution in [3.63, 3.8) is 0 Å². The molecule has 24 heteroatoms. The van der Waals surface area contributed by atoms with E-state index in [4.69, 9.17) is 39.2 Å². The molecule has 0 spiro atoms. The first kappa shape index (κ1) is 49.8. The number of nitrogens with zero attached hydrogens (tertiary/aromatic N) is 2. The van der Waals surface area contributed by atoms with Crippen molar-refractivity contribution >= 4 is 143 Å². The zero-order chi connectivity index (χ0) is 35.6. The molecule has 288 valence electrons. The van der Waals surface area contributed by atoms with E-state index in [1.54, 1.807) is 70.6 Å². The Morgan fingerprint density at radius 1 is 0.531 bits per heavy atom. The second-order valence-electron chi connectivity index (χ2n) is 7.93. The Balaban J connectivity index is 3.26. The summed E-state index contributed by atoms with van der Waals surface area (Å²) in [5.74, 6) is 5.69. The van der Waals surface area contributed by atoms with Gasteiger partial charge in [-0.05, 0) is 0 Å². The fourth-order valence-electron chi connectivity index (χ4n) is 2.30. The highest BCUT2D eigenvalue weighted by molar-refractivity contribution is 8.17. The number of rotatable bonds is 38. The van der Waals surface area contributed by atoms with Crippen LogP contribution in [-0.2, 0) is 29.0 Å². The summed E-state index contributed by atoms with van der Waals surface area (Å²) in [4.78, 5) is 51.3. The molecule has 0 bridgehead atoms. The van der Waals surface area contributed by atoms with Gasteiger partial charge in [0.1, 0.15) is 25.1 Å². The first-order chi connectivity index (χ1) is 24.2. The monoisotopic (exact) mass is 884 g/mol. The van der Waals surface area contributed by atoms with Crippen molar-refractivity contribution in [2.45, 2.75) is 0 Å². The number of carbonyl (C=O) groups excluding carboxylic acids is 2. The molecule has 0 saturated heterocycles. The van der Waals surface area contributed by atoms with E-state index < -0.39 is 12.2 Å². The number of nitrogens with one attached hydrogen (secondary N) is 2. The highest BCUT2D eigenvalue weighted by Crippen LogP contribution is 2.14. The summed E-state index contributed by atoms with van der Waals surface area (Å²) in [6, 6.07) is 0. The van der Waals surface area contributed by atoms with Gasteiger partial charge in [-0.3, -0.25) is 9.98 Å². The van der Waals surface area contributed by atoms with Crippen LogP contribution in [0.4, 0.5) is 9.59 Å². The standard InChI is InChI=1S/C25H48N4O10S10/c30-15-46-22-48-17-35-25(33)29-4-10-43-20-40-7-1-26-13-37-36-6-12-45-21-44-11-5-34-24(32)28-3-9-42-19-41-8-2-27-14-38-39-18-49-23-47-16-31/h13-14,30-31H,1-12,15-23H2,(H,28,32)(H,29,33). The molecule has 0 aromatic rings. The van der Waals surface area contributed by atoms with E-state index in [0.29, 0.717) is 50.4 Å². The molecule has 0 aliphatic carbocycles. The molecule has 0 atom stereocenters. The number of alkyl carbamates (subject to hydrolysis) is 2. The van der Waals surface area contributed by atoms with Crippen molar-refractivity contribution in [1.29, 1.82) is 0 Å². The van der Waals surface area contributed by atoms with Gasteiger partial charge in [0.2, 0.25) is 12.8 Å². The third kappa shape index (κ3) is 44.9. The molecule has 4 N–H and O–H groups in total. The molecule has 0 unspecified atom stereocenters. The highest BCUT2D eigenvalue weighted by atomic mass is 32.2. The number of amides is 2. The molecule has 0 aliphatic rings. The molecular weight excluding hydrogens is 837 g/mol. The lowest BCUT2D eigenvalue weighted by Gasteiger charge is -2.07. The summed E-state index contributed by atoms with van der Waals surface area (Å²) in [7, 11) is 0. The average molecular weight is 885 g/mol. The average Bonchev–Trinajstić information content (AvgIpc) is 3.10. The summed E-state index contributed by atoms with van der Waals surface area (Å²) in [6.07, 6.45) is 1.81. The molecule has 49 heavy (non-hydrogen) atoms. The van der Waals surface area contributed by atoms with Crippen LogP contribution in [0.3, 0.4) is 0 Å². The number of thioether (sulfide) groups is 10. The van der Waals surface area contributed by atoms with Gasteiger partial charge in [-0.15, -0.1) is 118 Å². The van der Waals surface area contributed by atoms with Gasteiger partial charge in [0, 0.05) is 73.0 Å². The van der Waals surface area contributed by atoms with E-state index >= 15 is 0 Å². The number of hydrogen-bond acceptors (Lipinski definition) is 22. The molecule has 14 nitrogen and oxygen atoms in total. The molecule has 0 aromatic heterocycles. The van der Waals surface area contributed by atoms with E-state index in [1.165, 1.54) is 59.8 Å². The van der Waals surface area contributed by atoms with Crippen LogP contribution in [0.2, 0.25) is 0 Å². The molecule has 0 rings (SSSR count). The Hall–Kier alpha value is 0.820. The second-order valence-corrected chi connectivity index (χ2v) is 20.2. The minimum absolute atomic E-state index is 0.0672. The molecule has 0 heterocycles. The van der Waals surface area contributed by atoms with Crippen LogP contribution in [0.1, 0.15) is 0 Å². The zero-order valence-corrected chi connectivity index (χ0v) is 35.3. The predicted molar refractivity (Wildman–Crippen MR) is 223 cm³/mol. The lowest BCUT2D eigenvalue weighted by molar-refractivity contribution is -0.210. The lowest BCUT2D eigenvalue weighted by Crippen LogP contribution is -2.27. The van der Waals surface area contributed by atoms with Crippen LogP contribution in [0.5, 0.6) is 0 Å². The van der Waals surface area contributed by atoms with Crippen LogP contribution in [0, 0.1) is 0 Å². The van der Waals surface area contributed by atoms with Crippen molar-refractivity contribution in [1.82, 2.24) is 10.6 Å². The van der Waals surface area contributed by atoms with Gasteiger partial charge in [0.05, 0.1) is 25.0 Å². The van der Waals surface area contributed by atoms with Crippen molar-refractivity contribution in [2.24, 2.45) is 9.98 Å². The van der Waals surface area contributed by atoms with Crippen molar-refractivity contribution in [3.05, 3.63) is 0 Å². The molecule has 0 aliphatic heterocycles. The number of ether oxygens (including phenoxy) is 2. The van der Waals surface area contributed by atoms with Gasteiger partial charge < -0.3 is 40.1 Å². The quantitative estimate of drug-likeness (QED) is 0.0156. The fourth-order valence-corrected chi connectivity index (χ4v) is 10.3. The molecule has 0 saturated carbocycles. The number of aliphatic hydroxyl groups excluding tert-OH is 2. The van der Waals surface area contributed by atoms with Crippen molar-refractivity contribution < 1.29 is 48.8 Å². The SMILES string of the molecule is O=C(NCCSCSCCN=COOCSCSCO)OCCSCSCCOOC=NCCSCSCCNC(=O)OCSCSCO. The van der Waals surface area contributed by atoms with Gasteiger partial charge in [-0.1, -0.05) is 0 Å². The zero-order valence-electron chi connectivity index (χ0n) is 27.1. The Morgan fingerprint density at radius 3 is 1.59 bits per heavy atom. The maximum Gasteiger partial charge on any atom is 0.407 e. The fraction of sp³-hybridized carbons (Fsp3) is 0.840. The first-order valence-corrected chi connectivity index (χ1v) is 26.1. The number of carbonyl (C=O) groups is 2. The van der Waals surface area contributed by atoms with Gasteiger partial charge >= 0.3 is 12.2 Å². The maximum atomic E-state index is 11.8. The molecule has 2 amide bonds. The number of aliphatic hydroxyl groups is 2. The van der Waals surface area contributed by atoms with E-state index in [2.05, 4.69) is 20.6 Å². The normalized spacial score (nSPS) is 11.3. The van der Waals surface area contributed by atoms with Crippen molar-refractivity contribution in [2.75, 3.05) is 123 Å². The van der Waals surface area contributed by atoms with Gasteiger partial charge in [0.15, 0.2) is 0 Å².